The topological polar surface area (TPSA) is 23.6 Å². The van der Waals surface area contributed by atoms with E-state index < -0.39 is 5.82 Å². The van der Waals surface area contributed by atoms with Crippen LogP contribution in [0, 0.1) is 17.7 Å². The maximum absolute atomic E-state index is 14.5. The second-order valence-corrected chi connectivity index (χ2v) is 10.1. The molecule has 3 nitrogen and oxygen atoms in total. The Balaban J connectivity index is 1.57. The molecule has 1 amide bonds. The van der Waals surface area contributed by atoms with Crippen molar-refractivity contribution in [2.24, 2.45) is 11.8 Å². The van der Waals surface area contributed by atoms with Crippen molar-refractivity contribution < 1.29 is 9.18 Å². The van der Waals surface area contributed by atoms with E-state index in [0.29, 0.717) is 19.0 Å². The Morgan fingerprint density at radius 2 is 1.68 bits per heavy atom. The maximum Gasteiger partial charge on any atom is 0.256 e. The van der Waals surface area contributed by atoms with Crippen molar-refractivity contribution in [3.63, 3.8) is 0 Å². The third-order valence-electron chi connectivity index (χ3n) is 6.50. The molecule has 0 saturated carbocycles. The SMILES string of the molecule is CC(C)CN(C[C@H]1CN(Cc2ccc(Cl)cc2)C[C@@H]1c1ccccc1)C(=O)c1ccccc1F. The molecule has 0 aromatic heterocycles. The van der Waals surface area contributed by atoms with E-state index in [1.54, 1.807) is 18.2 Å². The molecule has 1 saturated heterocycles. The van der Waals surface area contributed by atoms with Gasteiger partial charge >= 0.3 is 0 Å². The Morgan fingerprint density at radius 1 is 1.00 bits per heavy atom. The Bertz CT molecular complexity index is 1090. The van der Waals surface area contributed by atoms with Crippen LogP contribution in [-0.2, 0) is 6.54 Å². The van der Waals surface area contributed by atoms with Crippen LogP contribution in [-0.4, -0.2) is 41.9 Å². The normalized spacial score (nSPS) is 18.4. The lowest BCUT2D eigenvalue weighted by molar-refractivity contribution is 0.0698. The number of carbonyl (C=O) groups excluding carboxylic acids is 1. The van der Waals surface area contributed by atoms with E-state index in [-0.39, 0.29) is 23.3 Å². The van der Waals surface area contributed by atoms with Gasteiger partial charge in [0.25, 0.3) is 5.91 Å². The van der Waals surface area contributed by atoms with E-state index in [1.807, 2.05) is 23.1 Å². The van der Waals surface area contributed by atoms with Crippen molar-refractivity contribution in [1.82, 2.24) is 9.80 Å². The minimum atomic E-state index is -0.461. The lowest BCUT2D eigenvalue weighted by Gasteiger charge is -2.30. The van der Waals surface area contributed by atoms with E-state index >= 15 is 0 Å². The zero-order valence-electron chi connectivity index (χ0n) is 19.8. The molecule has 3 aromatic carbocycles. The van der Waals surface area contributed by atoms with Crippen LogP contribution < -0.4 is 0 Å². The van der Waals surface area contributed by atoms with Gasteiger partial charge in [-0.05, 0) is 47.2 Å². The summed E-state index contributed by atoms with van der Waals surface area (Å²) in [5, 5.41) is 0.737. The fourth-order valence-electron chi connectivity index (χ4n) is 4.97. The highest BCUT2D eigenvalue weighted by Gasteiger charge is 2.36. The Morgan fingerprint density at radius 3 is 2.35 bits per heavy atom. The zero-order chi connectivity index (χ0) is 24.1. The molecule has 0 spiro atoms. The van der Waals surface area contributed by atoms with Crippen LogP contribution in [0.4, 0.5) is 4.39 Å². The minimum absolute atomic E-state index is 0.149. The van der Waals surface area contributed by atoms with Crippen LogP contribution in [0.5, 0.6) is 0 Å². The number of carbonyl (C=O) groups is 1. The van der Waals surface area contributed by atoms with Gasteiger partial charge in [0.1, 0.15) is 5.82 Å². The molecule has 34 heavy (non-hydrogen) atoms. The van der Waals surface area contributed by atoms with Crippen LogP contribution >= 0.6 is 11.6 Å². The molecule has 178 valence electrons. The second-order valence-electron chi connectivity index (χ2n) is 9.68. The van der Waals surface area contributed by atoms with Gasteiger partial charge in [-0.15, -0.1) is 0 Å². The second kappa shape index (κ2) is 11.2. The molecule has 0 aliphatic carbocycles. The van der Waals surface area contributed by atoms with Crippen molar-refractivity contribution in [3.05, 3.63) is 106 Å². The average molecular weight is 479 g/mol. The Hall–Kier alpha value is -2.69. The highest BCUT2D eigenvalue weighted by atomic mass is 35.5. The van der Waals surface area contributed by atoms with Gasteiger partial charge < -0.3 is 4.90 Å². The number of nitrogens with zero attached hydrogens (tertiary/aromatic N) is 2. The Kier molecular flexibility index (Phi) is 8.02. The first-order valence-electron chi connectivity index (χ1n) is 12.0. The summed E-state index contributed by atoms with van der Waals surface area (Å²) in [6.07, 6.45) is 0. The molecule has 0 bridgehead atoms. The van der Waals surface area contributed by atoms with Crippen molar-refractivity contribution in [2.45, 2.75) is 26.3 Å². The standard InChI is InChI=1S/C29H32ClFN2O/c1-21(2)16-33(29(34)26-10-6-7-11-28(26)31)19-24-18-32(17-22-12-14-25(30)15-13-22)20-27(24)23-8-4-3-5-9-23/h3-15,21,24,27H,16-20H2,1-2H3/t24-,27-/m1/s1. The molecule has 1 aliphatic rings. The molecule has 0 radical (unpaired) electrons. The molecule has 5 heteroatoms. The molecule has 2 atom stereocenters. The van der Waals surface area contributed by atoms with Gasteiger partial charge in [0.15, 0.2) is 0 Å². The predicted molar refractivity (Wildman–Crippen MR) is 137 cm³/mol. The minimum Gasteiger partial charge on any atom is -0.338 e. The van der Waals surface area contributed by atoms with Crippen molar-refractivity contribution in [1.29, 1.82) is 0 Å². The molecular formula is C29H32ClFN2O. The van der Waals surface area contributed by atoms with Crippen LogP contribution in [0.3, 0.4) is 0 Å². The van der Waals surface area contributed by atoms with Gasteiger partial charge in [0, 0.05) is 43.7 Å². The van der Waals surface area contributed by atoms with Crippen molar-refractivity contribution >= 4 is 17.5 Å². The third kappa shape index (κ3) is 6.05. The number of amides is 1. The molecular weight excluding hydrogens is 447 g/mol. The largest absolute Gasteiger partial charge is 0.338 e. The lowest BCUT2D eigenvalue weighted by Crippen LogP contribution is -2.40. The average Bonchev–Trinajstić information content (AvgIpc) is 3.22. The molecule has 0 N–H and O–H groups in total. The van der Waals surface area contributed by atoms with E-state index in [4.69, 9.17) is 11.6 Å². The third-order valence-corrected chi connectivity index (χ3v) is 6.75. The van der Waals surface area contributed by atoms with E-state index in [0.717, 1.165) is 24.7 Å². The molecule has 0 unspecified atom stereocenters. The smallest absolute Gasteiger partial charge is 0.256 e. The fraction of sp³-hybridized carbons (Fsp3) is 0.345. The lowest BCUT2D eigenvalue weighted by atomic mass is 9.88. The van der Waals surface area contributed by atoms with Crippen LogP contribution in [0.15, 0.2) is 78.9 Å². The first kappa shape index (κ1) is 24.4. The highest BCUT2D eigenvalue weighted by Crippen LogP contribution is 2.34. The van der Waals surface area contributed by atoms with Gasteiger partial charge in [0.05, 0.1) is 5.56 Å². The summed E-state index contributed by atoms with van der Waals surface area (Å²) in [5.41, 5.74) is 2.66. The highest BCUT2D eigenvalue weighted by molar-refractivity contribution is 6.30. The van der Waals surface area contributed by atoms with Gasteiger partial charge in [-0.2, -0.15) is 0 Å². The number of likely N-dealkylation sites (tertiary alicyclic amines) is 1. The molecule has 1 fully saturated rings. The first-order chi connectivity index (χ1) is 16.4. The number of hydrogen-bond acceptors (Lipinski definition) is 2. The number of benzene rings is 3. The quantitative estimate of drug-likeness (QED) is 0.369. The van der Waals surface area contributed by atoms with E-state index in [2.05, 4.69) is 55.1 Å². The molecule has 1 heterocycles. The van der Waals surface area contributed by atoms with Crippen molar-refractivity contribution in [3.8, 4) is 0 Å². The summed E-state index contributed by atoms with van der Waals surface area (Å²) < 4.78 is 14.5. The summed E-state index contributed by atoms with van der Waals surface area (Å²) >= 11 is 6.07. The summed E-state index contributed by atoms with van der Waals surface area (Å²) in [5.74, 6) is 0.157. The van der Waals surface area contributed by atoms with Crippen molar-refractivity contribution in [2.75, 3.05) is 26.2 Å². The molecule has 4 rings (SSSR count). The van der Waals surface area contributed by atoms with E-state index in [9.17, 15) is 9.18 Å². The first-order valence-corrected chi connectivity index (χ1v) is 12.3. The summed E-state index contributed by atoms with van der Waals surface area (Å²) in [6, 6.07) is 24.8. The summed E-state index contributed by atoms with van der Waals surface area (Å²) in [4.78, 5) is 17.7. The van der Waals surface area contributed by atoms with Gasteiger partial charge in [-0.1, -0.05) is 80.0 Å². The summed E-state index contributed by atoms with van der Waals surface area (Å²) in [7, 11) is 0. The number of halogens is 2. The van der Waals surface area contributed by atoms with Crippen LogP contribution in [0.2, 0.25) is 5.02 Å². The van der Waals surface area contributed by atoms with E-state index in [1.165, 1.54) is 17.2 Å². The van der Waals surface area contributed by atoms with Gasteiger partial charge in [-0.3, -0.25) is 9.69 Å². The Labute approximate surface area is 207 Å². The molecule has 1 aliphatic heterocycles. The summed E-state index contributed by atoms with van der Waals surface area (Å²) in [6.45, 7) is 8.02. The predicted octanol–water partition coefficient (Wildman–Crippen LogP) is 6.49. The maximum atomic E-state index is 14.5. The fourth-order valence-corrected chi connectivity index (χ4v) is 5.10. The van der Waals surface area contributed by atoms with Gasteiger partial charge in [-0.25, -0.2) is 4.39 Å². The van der Waals surface area contributed by atoms with Crippen LogP contribution in [0.25, 0.3) is 0 Å². The number of hydrogen-bond donors (Lipinski definition) is 0. The zero-order valence-corrected chi connectivity index (χ0v) is 20.6. The molecule has 3 aromatic rings. The monoisotopic (exact) mass is 478 g/mol. The van der Waals surface area contributed by atoms with Crippen LogP contribution in [0.1, 0.15) is 41.3 Å². The number of rotatable bonds is 8. The van der Waals surface area contributed by atoms with Gasteiger partial charge in [0.2, 0.25) is 0 Å².